The number of nitrogens with two attached hydrogens (primary N) is 1. The monoisotopic (exact) mass is 409 g/mol. The van der Waals surface area contributed by atoms with Gasteiger partial charge in [-0.3, -0.25) is 4.79 Å². The van der Waals surface area contributed by atoms with Crippen LogP contribution in [-0.4, -0.2) is 47.0 Å². The summed E-state index contributed by atoms with van der Waals surface area (Å²) in [5.41, 5.74) is 6.98. The summed E-state index contributed by atoms with van der Waals surface area (Å²) in [5.74, 6) is 0.0274. The summed E-state index contributed by atoms with van der Waals surface area (Å²) in [6.07, 6.45) is 4.59. The maximum Gasteiger partial charge on any atom is 0.248 e. The minimum Gasteiger partial charge on any atom is -0.386 e. The van der Waals surface area contributed by atoms with E-state index in [4.69, 9.17) is 10.6 Å². The first-order valence-electron chi connectivity index (χ1n) is 9.26. The summed E-state index contributed by atoms with van der Waals surface area (Å²) >= 11 is 0. The van der Waals surface area contributed by atoms with Crippen LogP contribution in [0.1, 0.15) is 11.4 Å². The number of anilines is 2. The summed E-state index contributed by atoms with van der Waals surface area (Å²) in [5, 5.41) is 15.7. The number of nitrogens with one attached hydrogen (secondary N) is 1. The fraction of sp³-hybridized carbons (Fsp3) is 0.250. The van der Waals surface area contributed by atoms with Gasteiger partial charge in [-0.05, 0) is 23.8 Å². The van der Waals surface area contributed by atoms with Gasteiger partial charge in [0, 0.05) is 20.6 Å². The molecule has 0 bridgehead atoms. The van der Waals surface area contributed by atoms with E-state index in [1.54, 1.807) is 23.1 Å². The maximum absolute atomic E-state index is 13.5. The smallest absolute Gasteiger partial charge is 0.248 e. The molecule has 1 aromatic heterocycles. The third-order valence-corrected chi connectivity index (χ3v) is 4.76. The van der Waals surface area contributed by atoms with Gasteiger partial charge in [-0.2, -0.15) is 0 Å². The number of allylic oxidation sites excluding steroid dienone is 2. The van der Waals surface area contributed by atoms with Crippen LogP contribution >= 0.6 is 0 Å². The summed E-state index contributed by atoms with van der Waals surface area (Å²) in [4.78, 5) is 23.4. The highest BCUT2D eigenvalue weighted by atomic mass is 19.1. The molecule has 1 amide bonds. The Labute approximate surface area is 172 Å². The highest BCUT2D eigenvalue weighted by Gasteiger charge is 2.40. The topological polar surface area (TPSA) is 119 Å². The lowest BCUT2D eigenvalue weighted by atomic mass is 9.87. The van der Waals surface area contributed by atoms with Gasteiger partial charge in [0.15, 0.2) is 17.7 Å². The molecule has 3 N–H and O–H groups in total. The van der Waals surface area contributed by atoms with Crippen molar-refractivity contribution in [3.05, 3.63) is 65.3 Å². The van der Waals surface area contributed by atoms with Crippen molar-refractivity contribution in [1.29, 1.82) is 0 Å². The Morgan fingerprint density at radius 1 is 1.33 bits per heavy atom. The Morgan fingerprint density at radius 2 is 2.17 bits per heavy atom. The first kappa shape index (κ1) is 19.5. The quantitative estimate of drug-likeness (QED) is 0.740. The van der Waals surface area contributed by atoms with Crippen LogP contribution in [-0.2, 0) is 16.2 Å². The van der Waals surface area contributed by atoms with Gasteiger partial charge in [-0.1, -0.05) is 29.4 Å². The number of hydrogen-bond donors (Lipinski definition) is 2. The fourth-order valence-electron chi connectivity index (χ4n) is 3.29. The Hall–Kier alpha value is -3.82. The Morgan fingerprint density at radius 3 is 2.90 bits per heavy atom. The zero-order valence-electron chi connectivity index (χ0n) is 16.4. The number of amides is 1. The average Bonchev–Trinajstić information content (AvgIpc) is 3.16. The Kier molecular flexibility index (Phi) is 5.13. The first-order valence-corrected chi connectivity index (χ1v) is 9.26. The number of oxime groups is 1. The molecule has 2 unspecified atom stereocenters. The molecule has 1 aromatic carbocycles. The van der Waals surface area contributed by atoms with Crippen LogP contribution in [0.15, 0.2) is 53.2 Å². The van der Waals surface area contributed by atoms with E-state index in [9.17, 15) is 9.18 Å². The molecular weight excluding hydrogens is 389 g/mol. The third kappa shape index (κ3) is 3.71. The molecule has 9 nitrogen and oxygen atoms in total. The maximum atomic E-state index is 13.5. The van der Waals surface area contributed by atoms with E-state index in [0.29, 0.717) is 29.5 Å². The number of nitrogens with zero attached hydrogens (tertiary/aromatic N) is 5. The predicted molar refractivity (Wildman–Crippen MR) is 109 cm³/mol. The van der Waals surface area contributed by atoms with Gasteiger partial charge in [-0.25, -0.2) is 9.37 Å². The van der Waals surface area contributed by atoms with Crippen LogP contribution < -0.4 is 16.0 Å². The molecule has 2 atom stereocenters. The summed E-state index contributed by atoms with van der Waals surface area (Å²) in [7, 11) is 3.64. The number of primary amides is 1. The van der Waals surface area contributed by atoms with E-state index in [-0.39, 0.29) is 17.6 Å². The van der Waals surface area contributed by atoms with Crippen LogP contribution in [0.25, 0.3) is 0 Å². The molecule has 0 radical (unpaired) electrons. The van der Waals surface area contributed by atoms with E-state index in [1.807, 2.05) is 26.2 Å². The van der Waals surface area contributed by atoms with Gasteiger partial charge < -0.3 is 20.8 Å². The molecule has 2 aliphatic rings. The number of benzene rings is 1. The standard InChI is InChI=1S/C20H20FN7O2/c1-28(2)20-19(23-10-11-5-3-6-12(21)9-11)24-18(25-26-20)15-13-7-4-8-14(17(22)29)16(13)30-27-15/h3-9,13,16H,10H2,1-2H3,(H2,22,29)(H,23,24,25). The number of aromatic nitrogens is 3. The fourth-order valence-corrected chi connectivity index (χ4v) is 3.29. The minimum absolute atomic E-state index is 0.269. The second-order valence-electron chi connectivity index (χ2n) is 7.09. The molecule has 0 spiro atoms. The Bertz CT molecular complexity index is 1080. The van der Waals surface area contributed by atoms with E-state index < -0.39 is 12.0 Å². The zero-order valence-corrected chi connectivity index (χ0v) is 16.4. The average molecular weight is 409 g/mol. The van der Waals surface area contributed by atoms with Crippen molar-refractivity contribution in [1.82, 2.24) is 15.2 Å². The molecular formula is C20H20FN7O2. The van der Waals surface area contributed by atoms with Crippen molar-refractivity contribution in [2.45, 2.75) is 12.6 Å². The van der Waals surface area contributed by atoms with E-state index in [2.05, 4.69) is 25.7 Å². The minimum atomic E-state index is -0.608. The second-order valence-corrected chi connectivity index (χ2v) is 7.09. The van der Waals surface area contributed by atoms with Gasteiger partial charge in [0.25, 0.3) is 0 Å². The molecule has 30 heavy (non-hydrogen) atoms. The number of halogens is 1. The van der Waals surface area contributed by atoms with E-state index in [1.165, 1.54) is 12.1 Å². The van der Waals surface area contributed by atoms with Gasteiger partial charge >= 0.3 is 0 Å². The van der Waals surface area contributed by atoms with E-state index >= 15 is 0 Å². The lowest BCUT2D eigenvalue weighted by Crippen LogP contribution is -2.33. The lowest BCUT2D eigenvalue weighted by Gasteiger charge is -2.20. The SMILES string of the molecule is CN(C)c1nnc(C2=NOC3C(C(N)=O)=CC=CC23)nc1NCc1cccc(F)c1. The van der Waals surface area contributed by atoms with Crippen LogP contribution in [0.2, 0.25) is 0 Å². The lowest BCUT2D eigenvalue weighted by molar-refractivity contribution is -0.116. The molecule has 0 fully saturated rings. The van der Waals surface area contributed by atoms with Crippen LogP contribution in [0.5, 0.6) is 0 Å². The summed E-state index contributed by atoms with van der Waals surface area (Å²) in [6, 6.07) is 6.29. The van der Waals surface area contributed by atoms with Crippen LogP contribution in [0.3, 0.4) is 0 Å². The molecule has 1 aliphatic heterocycles. The predicted octanol–water partition coefficient (Wildman–Crippen LogP) is 1.39. The van der Waals surface area contributed by atoms with Crippen molar-refractivity contribution in [2.24, 2.45) is 16.8 Å². The highest BCUT2D eigenvalue weighted by Crippen LogP contribution is 2.31. The summed E-state index contributed by atoms with van der Waals surface area (Å²) in [6.45, 7) is 0.347. The number of hydrogen-bond acceptors (Lipinski definition) is 8. The molecule has 2 aromatic rings. The normalized spacial score (nSPS) is 19.4. The molecule has 10 heteroatoms. The zero-order chi connectivity index (χ0) is 21.3. The van der Waals surface area contributed by atoms with E-state index in [0.717, 1.165) is 5.56 Å². The van der Waals surface area contributed by atoms with Gasteiger partial charge in [0.1, 0.15) is 11.5 Å². The highest BCUT2D eigenvalue weighted by molar-refractivity contribution is 6.04. The largest absolute Gasteiger partial charge is 0.386 e. The van der Waals surface area contributed by atoms with Crippen molar-refractivity contribution >= 4 is 23.3 Å². The van der Waals surface area contributed by atoms with Crippen molar-refractivity contribution in [3.8, 4) is 0 Å². The molecule has 0 saturated carbocycles. The molecule has 1 aliphatic carbocycles. The molecule has 4 rings (SSSR count). The van der Waals surface area contributed by atoms with Crippen molar-refractivity contribution < 1.29 is 14.0 Å². The summed E-state index contributed by atoms with van der Waals surface area (Å²) < 4.78 is 13.5. The molecule has 2 heterocycles. The molecule has 154 valence electrons. The number of fused-ring (bicyclic) bond motifs is 1. The van der Waals surface area contributed by atoms with Gasteiger partial charge in [-0.15, -0.1) is 10.2 Å². The number of rotatable bonds is 6. The second kappa shape index (κ2) is 7.90. The third-order valence-electron chi connectivity index (χ3n) is 4.76. The number of carbonyl (C=O) groups excluding carboxylic acids is 1. The Balaban J connectivity index is 1.61. The first-order chi connectivity index (χ1) is 14.4. The van der Waals surface area contributed by atoms with Crippen molar-refractivity contribution in [2.75, 3.05) is 24.3 Å². The van der Waals surface area contributed by atoms with Crippen LogP contribution in [0, 0.1) is 11.7 Å². The molecule has 0 saturated heterocycles. The van der Waals surface area contributed by atoms with Gasteiger partial charge in [0.05, 0.1) is 11.5 Å². The number of carbonyl (C=O) groups is 1. The van der Waals surface area contributed by atoms with Crippen LogP contribution in [0.4, 0.5) is 16.0 Å². The van der Waals surface area contributed by atoms with Crippen molar-refractivity contribution in [3.63, 3.8) is 0 Å². The van der Waals surface area contributed by atoms with Gasteiger partial charge in [0.2, 0.25) is 11.7 Å².